The number of benzene rings is 2. The van der Waals surface area contributed by atoms with Gasteiger partial charge >= 0.3 is 128 Å². The molecule has 0 bridgehead atoms. The molecule has 1 atom stereocenters. The van der Waals surface area contributed by atoms with Gasteiger partial charge in [0.25, 0.3) is 0 Å². The molecule has 0 aliphatic carbocycles. The Kier molecular flexibility index (Phi) is 5.85. The van der Waals surface area contributed by atoms with E-state index in [1.807, 2.05) is 60.7 Å². The van der Waals surface area contributed by atoms with Gasteiger partial charge in [0, 0.05) is 0 Å². The predicted molar refractivity (Wildman–Crippen MR) is 79.8 cm³/mol. The first-order chi connectivity index (χ1) is 10.1. The van der Waals surface area contributed by atoms with E-state index in [0.29, 0.717) is 0 Å². The molecule has 5 heteroatoms. The monoisotopic (exact) mass is 359 g/mol. The first-order valence-electron chi connectivity index (χ1n) is 6.57. The molecular formula is C16H16F3NSe. The van der Waals surface area contributed by atoms with Crippen molar-refractivity contribution in [1.82, 2.24) is 5.32 Å². The molecule has 0 fully saturated rings. The van der Waals surface area contributed by atoms with Crippen molar-refractivity contribution in [1.29, 1.82) is 0 Å². The third kappa shape index (κ3) is 5.54. The van der Waals surface area contributed by atoms with Gasteiger partial charge in [0.15, 0.2) is 0 Å². The molecule has 0 saturated carbocycles. The van der Waals surface area contributed by atoms with E-state index in [4.69, 9.17) is 0 Å². The predicted octanol–water partition coefficient (Wildman–Crippen LogP) is 3.16. The van der Waals surface area contributed by atoms with Gasteiger partial charge in [0.2, 0.25) is 0 Å². The molecule has 0 amide bonds. The van der Waals surface area contributed by atoms with Crippen LogP contribution in [0.5, 0.6) is 0 Å². The van der Waals surface area contributed by atoms with Crippen LogP contribution < -0.4 is 9.78 Å². The SMILES string of the molecule is FC(F)(F)[C@@H](C[Se]c1ccccc1)NCc1ccccc1. The van der Waals surface area contributed by atoms with Gasteiger partial charge in [0.05, 0.1) is 0 Å². The summed E-state index contributed by atoms with van der Waals surface area (Å²) < 4.78 is 40.2. The van der Waals surface area contributed by atoms with E-state index in [-0.39, 0.29) is 26.8 Å². The topological polar surface area (TPSA) is 12.0 Å². The van der Waals surface area contributed by atoms with Gasteiger partial charge in [-0.05, 0) is 0 Å². The van der Waals surface area contributed by atoms with Crippen LogP contribution in [0.15, 0.2) is 60.7 Å². The minimum absolute atomic E-state index is 0.105. The van der Waals surface area contributed by atoms with Gasteiger partial charge < -0.3 is 0 Å². The number of alkyl halides is 3. The number of hydrogen-bond acceptors (Lipinski definition) is 1. The Morgan fingerprint density at radius 2 is 1.48 bits per heavy atom. The summed E-state index contributed by atoms with van der Waals surface area (Å²) in [6.45, 7) is 0.232. The fraction of sp³-hybridized carbons (Fsp3) is 0.250. The summed E-state index contributed by atoms with van der Waals surface area (Å²) in [5.74, 6) is 0. The summed E-state index contributed by atoms with van der Waals surface area (Å²) in [5, 5.41) is 2.74. The third-order valence-electron chi connectivity index (χ3n) is 2.95. The van der Waals surface area contributed by atoms with Crippen LogP contribution in [-0.2, 0) is 6.54 Å². The van der Waals surface area contributed by atoms with Gasteiger partial charge in [0.1, 0.15) is 0 Å². The van der Waals surface area contributed by atoms with Crippen molar-refractivity contribution < 1.29 is 13.2 Å². The second-order valence-electron chi connectivity index (χ2n) is 4.58. The molecule has 0 unspecified atom stereocenters. The van der Waals surface area contributed by atoms with Crippen LogP contribution in [0.3, 0.4) is 0 Å². The first-order valence-corrected chi connectivity index (χ1v) is 8.64. The zero-order valence-electron chi connectivity index (χ0n) is 11.3. The van der Waals surface area contributed by atoms with Gasteiger partial charge in [-0.1, -0.05) is 0 Å². The molecule has 2 rings (SSSR count). The number of nitrogens with one attached hydrogen (secondary N) is 1. The summed E-state index contributed by atoms with van der Waals surface area (Å²) in [7, 11) is 0. The summed E-state index contributed by atoms with van der Waals surface area (Å²) >= 11 is -0.189. The van der Waals surface area contributed by atoms with E-state index in [0.717, 1.165) is 10.0 Å². The molecule has 1 N–H and O–H groups in total. The number of hydrogen-bond donors (Lipinski definition) is 1. The average Bonchev–Trinajstić information content (AvgIpc) is 2.48. The first kappa shape index (κ1) is 16.1. The number of halogens is 3. The summed E-state index contributed by atoms with van der Waals surface area (Å²) in [4.78, 5) is 0. The third-order valence-corrected chi connectivity index (χ3v) is 5.27. The molecule has 2 aromatic rings. The van der Waals surface area contributed by atoms with Crippen molar-refractivity contribution in [3.8, 4) is 0 Å². The number of rotatable bonds is 6. The van der Waals surface area contributed by atoms with E-state index in [9.17, 15) is 13.2 Å². The minimum atomic E-state index is -4.22. The molecule has 0 saturated heterocycles. The van der Waals surface area contributed by atoms with E-state index in [1.54, 1.807) is 0 Å². The van der Waals surface area contributed by atoms with Gasteiger partial charge in [-0.2, -0.15) is 0 Å². The maximum atomic E-state index is 13.1. The van der Waals surface area contributed by atoms with Crippen LogP contribution in [0.1, 0.15) is 5.56 Å². The molecular weight excluding hydrogens is 342 g/mol. The van der Waals surface area contributed by atoms with Gasteiger partial charge in [-0.3, -0.25) is 0 Å². The maximum absolute atomic E-state index is 13.1. The molecule has 112 valence electrons. The Morgan fingerprint density at radius 1 is 0.905 bits per heavy atom. The summed E-state index contributed by atoms with van der Waals surface area (Å²) in [6.07, 6.45) is -4.22. The molecule has 1 nitrogen and oxygen atoms in total. The molecule has 21 heavy (non-hydrogen) atoms. The van der Waals surface area contributed by atoms with Crippen molar-refractivity contribution in [3.05, 3.63) is 66.2 Å². The fourth-order valence-electron chi connectivity index (χ4n) is 1.80. The Balaban J connectivity index is 1.92. The van der Waals surface area contributed by atoms with Crippen molar-refractivity contribution in [2.45, 2.75) is 24.1 Å². The Labute approximate surface area is 128 Å². The van der Waals surface area contributed by atoms with Crippen molar-refractivity contribution >= 4 is 19.4 Å². The van der Waals surface area contributed by atoms with E-state index >= 15 is 0 Å². The van der Waals surface area contributed by atoms with E-state index in [1.165, 1.54) is 0 Å². The van der Waals surface area contributed by atoms with Crippen LogP contribution in [0.2, 0.25) is 5.32 Å². The van der Waals surface area contributed by atoms with Gasteiger partial charge in [-0.15, -0.1) is 0 Å². The second kappa shape index (κ2) is 7.64. The Bertz CT molecular complexity index is 485. The Hall–Kier alpha value is -1.29. The van der Waals surface area contributed by atoms with Gasteiger partial charge in [-0.25, -0.2) is 0 Å². The summed E-state index contributed by atoms with van der Waals surface area (Å²) in [5.41, 5.74) is 0.860. The molecule has 0 aliphatic heterocycles. The zero-order valence-corrected chi connectivity index (χ0v) is 13.0. The normalized spacial score (nSPS) is 13.1. The van der Waals surface area contributed by atoms with Crippen LogP contribution in [0.4, 0.5) is 13.2 Å². The fourth-order valence-corrected chi connectivity index (χ4v) is 3.93. The van der Waals surface area contributed by atoms with Crippen LogP contribution in [-0.4, -0.2) is 27.2 Å². The second-order valence-corrected chi connectivity index (χ2v) is 6.88. The van der Waals surface area contributed by atoms with Crippen LogP contribution in [0.25, 0.3) is 0 Å². The van der Waals surface area contributed by atoms with Crippen LogP contribution >= 0.6 is 0 Å². The van der Waals surface area contributed by atoms with Crippen molar-refractivity contribution in [2.24, 2.45) is 0 Å². The molecule has 0 heterocycles. The van der Waals surface area contributed by atoms with Crippen molar-refractivity contribution in [2.75, 3.05) is 0 Å². The molecule has 0 radical (unpaired) electrons. The molecule has 0 aromatic heterocycles. The quantitative estimate of drug-likeness (QED) is 0.783. The van der Waals surface area contributed by atoms with E-state index in [2.05, 4.69) is 5.32 Å². The van der Waals surface area contributed by atoms with E-state index < -0.39 is 12.2 Å². The average molecular weight is 358 g/mol. The Morgan fingerprint density at radius 3 is 2.05 bits per heavy atom. The molecule has 0 aliphatic rings. The standard InChI is InChI=1S/C16H16F3NSe/c17-16(18,19)15(12-21-14-9-5-2-6-10-14)20-11-13-7-3-1-4-8-13/h1-10,15,20H,11-12H2/t15-/m1/s1. The van der Waals surface area contributed by atoms with Crippen LogP contribution in [0, 0.1) is 0 Å². The molecule has 0 spiro atoms. The zero-order chi connectivity index (χ0) is 15.1. The molecule has 2 aromatic carbocycles. The summed E-state index contributed by atoms with van der Waals surface area (Å²) in [6, 6.07) is 17.0. The van der Waals surface area contributed by atoms with Crippen molar-refractivity contribution in [3.63, 3.8) is 0 Å².